The molecule has 0 aliphatic heterocycles. The number of carbonyl (C=O) groups excluding carboxylic acids is 4. The maximum absolute atomic E-state index is 13.3. The predicted molar refractivity (Wildman–Crippen MR) is 171 cm³/mol. The standard InChI is InChI=1S/C31H49N7O8/c1-17(2)13-22(36-27(42)21(32)11-8-12-35-31(33)34)28(43)37-23(16-25(40)41)29(44)38-26(18(3)4)24(39)15-20(30(45)46)14-19-9-6-5-7-10-19/h5-7,9-10,17-18,20-23,26H,8,11-16,32H2,1-4H3,(H,36,42)(H,37,43)(H,38,44)(H,40,41)(H,45,46)(H4,33,34,35)/t20?,21-,22-,23-,26-/m0/s1. The molecule has 0 aromatic heterocycles. The molecule has 0 bridgehead atoms. The Morgan fingerprint density at radius 3 is 1.93 bits per heavy atom. The third-order valence-corrected chi connectivity index (χ3v) is 7.09. The average Bonchev–Trinajstić information content (AvgIpc) is 2.96. The van der Waals surface area contributed by atoms with Crippen molar-refractivity contribution in [1.29, 1.82) is 0 Å². The van der Waals surface area contributed by atoms with Crippen LogP contribution in [-0.2, 0) is 35.2 Å². The van der Waals surface area contributed by atoms with E-state index in [0.717, 1.165) is 5.56 Å². The Morgan fingerprint density at radius 2 is 1.41 bits per heavy atom. The van der Waals surface area contributed by atoms with Gasteiger partial charge in [0, 0.05) is 13.0 Å². The molecule has 0 heterocycles. The molecule has 15 nitrogen and oxygen atoms in total. The maximum atomic E-state index is 13.3. The van der Waals surface area contributed by atoms with Gasteiger partial charge in [0.05, 0.1) is 24.4 Å². The molecule has 46 heavy (non-hydrogen) atoms. The number of nitrogens with one attached hydrogen (secondary N) is 3. The highest BCUT2D eigenvalue weighted by molar-refractivity contribution is 5.97. The minimum Gasteiger partial charge on any atom is -0.481 e. The second kappa shape index (κ2) is 19.8. The van der Waals surface area contributed by atoms with E-state index in [-0.39, 0.29) is 44.1 Å². The molecule has 0 aliphatic rings. The van der Waals surface area contributed by atoms with E-state index in [2.05, 4.69) is 20.9 Å². The fourth-order valence-electron chi connectivity index (χ4n) is 4.68. The highest BCUT2D eigenvalue weighted by Crippen LogP contribution is 2.17. The summed E-state index contributed by atoms with van der Waals surface area (Å²) in [5.74, 6) is -7.20. The number of nitrogens with zero attached hydrogens (tertiary/aromatic N) is 1. The summed E-state index contributed by atoms with van der Waals surface area (Å²) in [5, 5.41) is 26.7. The van der Waals surface area contributed by atoms with Gasteiger partial charge in [-0.05, 0) is 43.1 Å². The van der Waals surface area contributed by atoms with Crippen LogP contribution >= 0.6 is 0 Å². The van der Waals surface area contributed by atoms with Crippen molar-refractivity contribution in [2.75, 3.05) is 6.54 Å². The zero-order valence-electron chi connectivity index (χ0n) is 26.9. The number of rotatable bonds is 21. The van der Waals surface area contributed by atoms with Gasteiger partial charge >= 0.3 is 11.9 Å². The van der Waals surface area contributed by atoms with Crippen LogP contribution in [0.5, 0.6) is 0 Å². The number of aliphatic carboxylic acids is 2. The van der Waals surface area contributed by atoms with Gasteiger partial charge in [-0.2, -0.15) is 0 Å². The molecular weight excluding hydrogens is 598 g/mol. The number of carboxylic acid groups (broad SMARTS) is 2. The number of aliphatic imine (C=N–C) groups is 1. The summed E-state index contributed by atoms with van der Waals surface area (Å²) in [6.07, 6.45) is -0.302. The van der Waals surface area contributed by atoms with Gasteiger partial charge in [-0.3, -0.25) is 33.8 Å². The van der Waals surface area contributed by atoms with Crippen LogP contribution in [0.4, 0.5) is 0 Å². The van der Waals surface area contributed by atoms with Crippen LogP contribution in [-0.4, -0.2) is 82.3 Å². The third kappa shape index (κ3) is 15.0. The number of guanidine groups is 1. The third-order valence-electron chi connectivity index (χ3n) is 7.09. The molecule has 0 spiro atoms. The van der Waals surface area contributed by atoms with E-state index in [1.807, 2.05) is 13.8 Å². The number of ketones is 1. The topological polar surface area (TPSA) is 269 Å². The lowest BCUT2D eigenvalue weighted by Gasteiger charge is -2.27. The van der Waals surface area contributed by atoms with E-state index in [0.29, 0.717) is 6.42 Å². The summed E-state index contributed by atoms with van der Waals surface area (Å²) in [4.78, 5) is 80.1. The minimum absolute atomic E-state index is 0.0816. The van der Waals surface area contributed by atoms with Gasteiger partial charge in [0.25, 0.3) is 0 Å². The first kappa shape index (κ1) is 39.5. The molecule has 0 saturated carbocycles. The highest BCUT2D eigenvalue weighted by atomic mass is 16.4. The summed E-state index contributed by atoms with van der Waals surface area (Å²) in [5.41, 5.74) is 17.3. The Morgan fingerprint density at radius 1 is 0.826 bits per heavy atom. The molecule has 1 aromatic carbocycles. The van der Waals surface area contributed by atoms with Crippen LogP contribution in [0, 0.1) is 17.8 Å². The van der Waals surface area contributed by atoms with Gasteiger partial charge in [0.1, 0.15) is 12.1 Å². The van der Waals surface area contributed by atoms with Crippen LogP contribution < -0.4 is 33.2 Å². The van der Waals surface area contributed by atoms with Crippen LogP contribution in [0.15, 0.2) is 35.3 Å². The maximum Gasteiger partial charge on any atom is 0.307 e. The Kier molecular flexibility index (Phi) is 17.0. The molecule has 256 valence electrons. The van der Waals surface area contributed by atoms with E-state index in [9.17, 15) is 39.0 Å². The molecule has 0 aliphatic carbocycles. The minimum atomic E-state index is -1.60. The number of hydrogen-bond donors (Lipinski definition) is 8. The van der Waals surface area contributed by atoms with E-state index in [1.54, 1.807) is 44.2 Å². The van der Waals surface area contributed by atoms with Crippen LogP contribution in [0.1, 0.15) is 65.4 Å². The Bertz CT molecular complexity index is 1220. The number of carboxylic acids is 2. The molecule has 11 N–H and O–H groups in total. The monoisotopic (exact) mass is 647 g/mol. The summed E-state index contributed by atoms with van der Waals surface area (Å²) < 4.78 is 0. The van der Waals surface area contributed by atoms with Gasteiger partial charge in [-0.1, -0.05) is 58.0 Å². The van der Waals surface area contributed by atoms with E-state index >= 15 is 0 Å². The zero-order chi connectivity index (χ0) is 35.0. The normalized spacial score (nSPS) is 14.3. The van der Waals surface area contributed by atoms with Crippen LogP contribution in [0.25, 0.3) is 0 Å². The number of nitrogens with two attached hydrogens (primary N) is 3. The molecule has 0 fully saturated rings. The van der Waals surface area contributed by atoms with Gasteiger partial charge in [0.15, 0.2) is 11.7 Å². The van der Waals surface area contributed by atoms with E-state index in [4.69, 9.17) is 17.2 Å². The van der Waals surface area contributed by atoms with Crippen LogP contribution in [0.3, 0.4) is 0 Å². The SMILES string of the molecule is CC(C)C[C@H](NC(=O)[C@@H](N)CCCN=C(N)N)C(=O)N[C@@H](CC(=O)O)C(=O)N[C@H](C(=O)CC(Cc1ccccc1)C(=O)O)C(C)C. The second-order valence-electron chi connectivity index (χ2n) is 12.0. The summed E-state index contributed by atoms with van der Waals surface area (Å²) >= 11 is 0. The van der Waals surface area contributed by atoms with Crippen LogP contribution in [0.2, 0.25) is 0 Å². The number of benzene rings is 1. The molecule has 0 radical (unpaired) electrons. The molecule has 15 heteroatoms. The van der Waals surface area contributed by atoms with Crippen molar-refractivity contribution >= 4 is 41.4 Å². The van der Waals surface area contributed by atoms with Gasteiger partial charge in [0.2, 0.25) is 17.7 Å². The molecule has 1 unspecified atom stereocenters. The lowest BCUT2D eigenvalue weighted by molar-refractivity contribution is -0.144. The molecule has 5 atom stereocenters. The zero-order valence-corrected chi connectivity index (χ0v) is 26.9. The Balaban J connectivity index is 3.05. The van der Waals surface area contributed by atoms with Crippen molar-refractivity contribution in [3.8, 4) is 0 Å². The quantitative estimate of drug-likeness (QED) is 0.0496. The first-order chi connectivity index (χ1) is 21.5. The molecule has 1 aromatic rings. The summed E-state index contributed by atoms with van der Waals surface area (Å²) in [6, 6.07) is 3.92. The van der Waals surface area contributed by atoms with Gasteiger partial charge < -0.3 is 43.4 Å². The van der Waals surface area contributed by atoms with Gasteiger partial charge in [-0.25, -0.2) is 0 Å². The van der Waals surface area contributed by atoms with E-state index < -0.39 is 77.9 Å². The predicted octanol–water partition coefficient (Wildman–Crippen LogP) is -0.0988. The summed E-state index contributed by atoms with van der Waals surface area (Å²) in [6.45, 7) is 7.17. The lowest BCUT2D eigenvalue weighted by atomic mass is 9.89. The number of amides is 3. The van der Waals surface area contributed by atoms with Crippen molar-refractivity contribution in [2.24, 2.45) is 39.9 Å². The van der Waals surface area contributed by atoms with Crippen molar-refractivity contribution in [1.82, 2.24) is 16.0 Å². The lowest BCUT2D eigenvalue weighted by Crippen LogP contribution is -2.58. The average molecular weight is 648 g/mol. The van der Waals surface area contributed by atoms with Crippen molar-refractivity contribution in [2.45, 2.75) is 90.4 Å². The number of hydrogen-bond acceptors (Lipinski definition) is 8. The Hall–Kier alpha value is -4.53. The number of Topliss-reactive ketones (excluding diaryl/α,β-unsaturated/α-hetero) is 1. The first-order valence-electron chi connectivity index (χ1n) is 15.2. The largest absolute Gasteiger partial charge is 0.481 e. The number of carbonyl (C=O) groups is 6. The van der Waals surface area contributed by atoms with Crippen molar-refractivity contribution < 1.29 is 39.0 Å². The molecule has 3 amide bonds. The molecule has 0 saturated heterocycles. The molecule has 1 rings (SSSR count). The second-order valence-corrected chi connectivity index (χ2v) is 12.0. The first-order valence-corrected chi connectivity index (χ1v) is 15.2. The molecular formula is C31H49N7O8. The Labute approximate surface area is 269 Å². The fraction of sp³-hybridized carbons (Fsp3) is 0.581. The van der Waals surface area contributed by atoms with Crippen molar-refractivity contribution in [3.63, 3.8) is 0 Å². The smallest absolute Gasteiger partial charge is 0.307 e. The van der Waals surface area contributed by atoms with E-state index in [1.165, 1.54) is 0 Å². The van der Waals surface area contributed by atoms with Gasteiger partial charge in [-0.15, -0.1) is 0 Å². The summed E-state index contributed by atoms with van der Waals surface area (Å²) in [7, 11) is 0. The highest BCUT2D eigenvalue weighted by Gasteiger charge is 2.34. The van der Waals surface area contributed by atoms with Crippen molar-refractivity contribution in [3.05, 3.63) is 35.9 Å². The fourth-order valence-corrected chi connectivity index (χ4v) is 4.68.